The highest BCUT2D eigenvalue weighted by Crippen LogP contribution is 2.49. The third kappa shape index (κ3) is 4.61. The van der Waals surface area contributed by atoms with Crippen LogP contribution < -0.4 is 0 Å². The summed E-state index contributed by atoms with van der Waals surface area (Å²) in [6.45, 7) is 7.28. The molecule has 2 fully saturated rings. The first kappa shape index (κ1) is 19.7. The van der Waals surface area contributed by atoms with Crippen molar-refractivity contribution in [2.45, 2.75) is 70.9 Å². The van der Waals surface area contributed by atoms with E-state index in [0.29, 0.717) is 12.3 Å². The molecule has 1 saturated carbocycles. The smallest absolute Gasteiger partial charge is 0.410 e. The Labute approximate surface area is 160 Å². The van der Waals surface area contributed by atoms with Crippen LogP contribution in [0, 0.1) is 11.8 Å². The summed E-state index contributed by atoms with van der Waals surface area (Å²) in [7, 11) is 0. The van der Waals surface area contributed by atoms with E-state index in [-0.39, 0.29) is 12.6 Å². The number of benzene rings is 1. The van der Waals surface area contributed by atoms with Crippen molar-refractivity contribution in [3.8, 4) is 0 Å². The number of hydrogen-bond donors (Lipinski definition) is 1. The SMILES string of the molecule is C[C@@H](C(=O)OCc1ccccc1)[C@@H](O)[C@@H]1C[C@@H]2C[C@@H]2N1C(=O)OC(C)(C)C. The van der Waals surface area contributed by atoms with Gasteiger partial charge < -0.3 is 14.6 Å². The summed E-state index contributed by atoms with van der Waals surface area (Å²) in [6.07, 6.45) is 0.242. The second kappa shape index (κ2) is 7.50. The maximum absolute atomic E-state index is 12.6. The minimum atomic E-state index is -0.978. The predicted molar refractivity (Wildman–Crippen MR) is 99.8 cm³/mol. The second-order valence-electron chi connectivity index (χ2n) is 8.63. The molecule has 0 unspecified atom stereocenters. The number of rotatable bonds is 5. The molecule has 0 bridgehead atoms. The van der Waals surface area contributed by atoms with Crippen LogP contribution >= 0.6 is 0 Å². The number of carbonyl (C=O) groups excluding carboxylic acids is 2. The van der Waals surface area contributed by atoms with Gasteiger partial charge in [-0.05, 0) is 52.0 Å². The molecule has 1 aliphatic heterocycles. The van der Waals surface area contributed by atoms with Crippen LogP contribution in [0.2, 0.25) is 0 Å². The highest BCUT2D eigenvalue weighted by atomic mass is 16.6. The number of aliphatic hydroxyl groups is 1. The molecule has 1 aromatic carbocycles. The molecule has 3 rings (SSSR count). The fourth-order valence-electron chi connectivity index (χ4n) is 3.72. The molecule has 1 amide bonds. The number of fused-ring (bicyclic) bond motifs is 1. The molecule has 1 aromatic rings. The first-order chi connectivity index (χ1) is 12.7. The Morgan fingerprint density at radius 3 is 2.52 bits per heavy atom. The molecule has 148 valence electrons. The molecule has 1 aliphatic carbocycles. The van der Waals surface area contributed by atoms with Gasteiger partial charge in [0.25, 0.3) is 0 Å². The van der Waals surface area contributed by atoms with Crippen LogP contribution in [0.15, 0.2) is 30.3 Å². The lowest BCUT2D eigenvalue weighted by Gasteiger charge is -2.34. The number of carbonyl (C=O) groups is 2. The average Bonchev–Trinajstić information content (AvgIpc) is 3.27. The van der Waals surface area contributed by atoms with Crippen LogP contribution in [0.25, 0.3) is 0 Å². The van der Waals surface area contributed by atoms with Crippen LogP contribution in [0.5, 0.6) is 0 Å². The van der Waals surface area contributed by atoms with Crippen LogP contribution in [-0.2, 0) is 20.9 Å². The quantitative estimate of drug-likeness (QED) is 0.800. The Bertz CT molecular complexity index is 684. The van der Waals surface area contributed by atoms with E-state index in [4.69, 9.17) is 9.47 Å². The minimum absolute atomic E-state index is 0.118. The topological polar surface area (TPSA) is 76.1 Å². The average molecular weight is 375 g/mol. The zero-order valence-corrected chi connectivity index (χ0v) is 16.4. The van der Waals surface area contributed by atoms with Gasteiger partial charge >= 0.3 is 12.1 Å². The Kier molecular flexibility index (Phi) is 5.47. The third-order valence-corrected chi connectivity index (χ3v) is 5.25. The summed E-state index contributed by atoms with van der Waals surface area (Å²) in [5.74, 6) is -0.790. The third-order valence-electron chi connectivity index (χ3n) is 5.25. The lowest BCUT2D eigenvalue weighted by Crippen LogP contribution is -2.50. The minimum Gasteiger partial charge on any atom is -0.461 e. The number of amides is 1. The van der Waals surface area contributed by atoms with Gasteiger partial charge in [-0.2, -0.15) is 0 Å². The highest BCUT2D eigenvalue weighted by Gasteiger charge is 2.57. The molecule has 1 saturated heterocycles. The Balaban J connectivity index is 1.60. The number of nitrogens with zero attached hydrogens (tertiary/aromatic N) is 1. The molecule has 6 nitrogen and oxygen atoms in total. The van der Waals surface area contributed by atoms with Crippen molar-refractivity contribution in [3.05, 3.63) is 35.9 Å². The molecule has 1 heterocycles. The molecular weight excluding hydrogens is 346 g/mol. The first-order valence-corrected chi connectivity index (χ1v) is 9.57. The summed E-state index contributed by atoms with van der Waals surface area (Å²) in [6, 6.07) is 9.12. The summed E-state index contributed by atoms with van der Waals surface area (Å²) in [5.41, 5.74) is 0.296. The van der Waals surface area contributed by atoms with E-state index in [1.165, 1.54) is 0 Å². The van der Waals surface area contributed by atoms with Crippen molar-refractivity contribution in [1.29, 1.82) is 0 Å². The van der Waals surface area contributed by atoms with Crippen molar-refractivity contribution in [2.75, 3.05) is 0 Å². The summed E-state index contributed by atoms with van der Waals surface area (Å²) in [5, 5.41) is 10.8. The van der Waals surface area contributed by atoms with Gasteiger partial charge in [-0.1, -0.05) is 30.3 Å². The van der Waals surface area contributed by atoms with Gasteiger partial charge in [0.15, 0.2) is 0 Å². The van der Waals surface area contributed by atoms with Gasteiger partial charge in [-0.15, -0.1) is 0 Å². The van der Waals surface area contributed by atoms with Crippen molar-refractivity contribution >= 4 is 12.1 Å². The molecule has 5 atom stereocenters. The molecule has 27 heavy (non-hydrogen) atoms. The first-order valence-electron chi connectivity index (χ1n) is 9.57. The lowest BCUT2D eigenvalue weighted by molar-refractivity contribution is -0.154. The zero-order chi connectivity index (χ0) is 19.8. The van der Waals surface area contributed by atoms with Gasteiger partial charge in [0.2, 0.25) is 0 Å². The normalized spacial score (nSPS) is 26.1. The molecule has 1 N–H and O–H groups in total. The van der Waals surface area contributed by atoms with E-state index in [1.54, 1.807) is 11.8 Å². The summed E-state index contributed by atoms with van der Waals surface area (Å²) < 4.78 is 10.9. The lowest BCUT2D eigenvalue weighted by atomic mass is 9.95. The second-order valence-corrected chi connectivity index (χ2v) is 8.63. The molecule has 2 aliphatic rings. The fourth-order valence-corrected chi connectivity index (χ4v) is 3.72. The highest BCUT2D eigenvalue weighted by molar-refractivity contribution is 5.74. The van der Waals surface area contributed by atoms with Gasteiger partial charge in [0.05, 0.1) is 18.1 Å². The van der Waals surface area contributed by atoms with Crippen LogP contribution in [0.1, 0.15) is 46.1 Å². The largest absolute Gasteiger partial charge is 0.461 e. The number of aliphatic hydroxyl groups excluding tert-OH is 1. The van der Waals surface area contributed by atoms with Gasteiger partial charge in [-0.3, -0.25) is 9.69 Å². The predicted octanol–water partition coefficient (Wildman–Crippen LogP) is 3.12. The zero-order valence-electron chi connectivity index (χ0n) is 16.4. The summed E-state index contributed by atoms with van der Waals surface area (Å²) >= 11 is 0. The Hall–Kier alpha value is -2.08. The monoisotopic (exact) mass is 375 g/mol. The number of esters is 1. The van der Waals surface area contributed by atoms with Crippen molar-refractivity contribution in [2.24, 2.45) is 11.8 Å². The van der Waals surface area contributed by atoms with E-state index in [0.717, 1.165) is 12.0 Å². The van der Waals surface area contributed by atoms with E-state index in [9.17, 15) is 14.7 Å². The molecule has 0 radical (unpaired) electrons. The maximum atomic E-state index is 12.6. The molecule has 0 aromatic heterocycles. The number of hydrogen-bond acceptors (Lipinski definition) is 5. The van der Waals surface area contributed by atoms with Crippen LogP contribution in [-0.4, -0.2) is 45.9 Å². The fraction of sp³-hybridized carbons (Fsp3) is 0.619. The Morgan fingerprint density at radius 2 is 1.89 bits per heavy atom. The molecular formula is C21H29NO5. The van der Waals surface area contributed by atoms with E-state index >= 15 is 0 Å². The van der Waals surface area contributed by atoms with Crippen molar-refractivity contribution < 1.29 is 24.2 Å². The Morgan fingerprint density at radius 1 is 1.22 bits per heavy atom. The van der Waals surface area contributed by atoms with Gasteiger partial charge in [-0.25, -0.2) is 4.79 Å². The van der Waals surface area contributed by atoms with Gasteiger partial charge in [0.1, 0.15) is 12.2 Å². The maximum Gasteiger partial charge on any atom is 0.410 e. The standard InChI is InChI=1S/C21H29NO5/c1-13(19(24)26-12-14-8-6-5-7-9-14)18(23)17-11-15-10-16(15)22(17)20(25)27-21(2,3)4/h5-9,13,15-18,23H,10-12H2,1-4H3/t13-,15+,16+,17+,18-/m1/s1. The van der Waals surface area contributed by atoms with E-state index in [2.05, 4.69) is 0 Å². The molecule has 0 spiro atoms. The van der Waals surface area contributed by atoms with Gasteiger partial charge in [0, 0.05) is 6.04 Å². The van der Waals surface area contributed by atoms with E-state index < -0.39 is 35.7 Å². The molecule has 6 heteroatoms. The van der Waals surface area contributed by atoms with Crippen LogP contribution in [0.3, 0.4) is 0 Å². The number of likely N-dealkylation sites (tertiary alicyclic amines) is 1. The number of piperidine rings is 1. The van der Waals surface area contributed by atoms with Crippen LogP contribution in [0.4, 0.5) is 4.79 Å². The summed E-state index contributed by atoms with van der Waals surface area (Å²) in [4.78, 5) is 26.6. The van der Waals surface area contributed by atoms with Crippen molar-refractivity contribution in [3.63, 3.8) is 0 Å². The van der Waals surface area contributed by atoms with Crippen molar-refractivity contribution in [1.82, 2.24) is 4.90 Å². The number of ether oxygens (including phenoxy) is 2. The van der Waals surface area contributed by atoms with E-state index in [1.807, 2.05) is 51.1 Å².